The van der Waals surface area contributed by atoms with Gasteiger partial charge in [0.1, 0.15) is 0 Å². The molecule has 1 aromatic heterocycles. The molecule has 1 heterocycles. The first kappa shape index (κ1) is 35.7. The molecule has 0 radical (unpaired) electrons. The van der Waals surface area contributed by atoms with Crippen LogP contribution in [0.25, 0.3) is 72.5 Å². The SMILES string of the molecule is CC(C)(C)[C@@]1(C)c2ccccc2-c2ccc(/C(=C\c3ccc(-c4ccc5c(c4)c4ccccc4n5-c4ccccc4)cc3)Cc3ccc(-c4ccccc4)cc3)cc21. The summed E-state index contributed by atoms with van der Waals surface area (Å²) in [6.07, 6.45) is 3.24. The quantitative estimate of drug-likeness (QED) is 0.143. The lowest BCUT2D eigenvalue weighted by Crippen LogP contribution is -2.36. The van der Waals surface area contributed by atoms with Crippen LogP contribution in [0.5, 0.6) is 0 Å². The molecule has 0 aliphatic heterocycles. The van der Waals surface area contributed by atoms with E-state index in [1.165, 1.54) is 94.3 Å². The van der Waals surface area contributed by atoms with Crippen molar-refractivity contribution >= 4 is 33.5 Å². The van der Waals surface area contributed by atoms with Gasteiger partial charge in [0.15, 0.2) is 0 Å². The van der Waals surface area contributed by atoms with Crippen molar-refractivity contribution in [1.82, 2.24) is 4.57 Å². The van der Waals surface area contributed by atoms with Gasteiger partial charge in [-0.05, 0) is 115 Å². The van der Waals surface area contributed by atoms with Crippen molar-refractivity contribution in [2.75, 3.05) is 0 Å². The first-order valence-corrected chi connectivity index (χ1v) is 20.6. The van der Waals surface area contributed by atoms with E-state index in [0.717, 1.165) is 6.42 Å². The lowest BCUT2D eigenvalue weighted by atomic mass is 9.62. The maximum Gasteiger partial charge on any atom is 0.0541 e. The van der Waals surface area contributed by atoms with Crippen molar-refractivity contribution in [3.63, 3.8) is 0 Å². The Balaban J connectivity index is 1.04. The van der Waals surface area contributed by atoms with Crippen molar-refractivity contribution < 1.29 is 0 Å². The topological polar surface area (TPSA) is 4.93 Å². The Morgan fingerprint density at radius 2 is 1.09 bits per heavy atom. The number of para-hydroxylation sites is 2. The average Bonchev–Trinajstić information content (AvgIpc) is 3.74. The van der Waals surface area contributed by atoms with Crippen LogP contribution < -0.4 is 0 Å². The number of allylic oxidation sites excluding steroid dienone is 1. The van der Waals surface area contributed by atoms with E-state index in [-0.39, 0.29) is 10.8 Å². The summed E-state index contributed by atoms with van der Waals surface area (Å²) in [5.41, 5.74) is 19.1. The van der Waals surface area contributed by atoms with Gasteiger partial charge in [0.05, 0.1) is 11.0 Å². The minimum atomic E-state index is -0.118. The van der Waals surface area contributed by atoms with Crippen LogP contribution in [0.2, 0.25) is 0 Å². The molecule has 1 nitrogen and oxygen atoms in total. The molecule has 1 aliphatic carbocycles. The number of hydrogen-bond donors (Lipinski definition) is 0. The number of hydrogen-bond acceptors (Lipinski definition) is 0. The fourth-order valence-corrected chi connectivity index (χ4v) is 9.38. The number of nitrogens with zero attached hydrogens (tertiary/aromatic N) is 1. The highest BCUT2D eigenvalue weighted by atomic mass is 15.0. The van der Waals surface area contributed by atoms with E-state index >= 15 is 0 Å². The van der Waals surface area contributed by atoms with Gasteiger partial charge in [-0.15, -0.1) is 0 Å². The fourth-order valence-electron chi connectivity index (χ4n) is 9.38. The van der Waals surface area contributed by atoms with Crippen molar-refractivity contribution in [2.45, 2.75) is 39.5 Å². The third-order valence-corrected chi connectivity index (χ3v) is 12.9. The van der Waals surface area contributed by atoms with Crippen LogP contribution in [0.1, 0.15) is 55.5 Å². The molecule has 58 heavy (non-hydrogen) atoms. The Morgan fingerprint density at radius 3 is 1.84 bits per heavy atom. The number of rotatable bonds is 7. The van der Waals surface area contributed by atoms with Crippen molar-refractivity contribution in [2.24, 2.45) is 5.41 Å². The van der Waals surface area contributed by atoms with Crippen LogP contribution in [0, 0.1) is 5.41 Å². The smallest absolute Gasteiger partial charge is 0.0541 e. The second-order valence-electron chi connectivity index (χ2n) is 17.1. The van der Waals surface area contributed by atoms with Gasteiger partial charge in [0.2, 0.25) is 0 Å². The zero-order chi connectivity index (χ0) is 39.4. The molecule has 1 atom stereocenters. The van der Waals surface area contributed by atoms with E-state index in [4.69, 9.17) is 0 Å². The van der Waals surface area contributed by atoms with Crippen molar-refractivity contribution in [3.8, 4) is 39.1 Å². The minimum Gasteiger partial charge on any atom is -0.309 e. The molecule has 1 heteroatoms. The number of aromatic nitrogens is 1. The lowest BCUT2D eigenvalue weighted by Gasteiger charge is -2.41. The van der Waals surface area contributed by atoms with E-state index in [1.54, 1.807) is 0 Å². The Kier molecular flexibility index (Phi) is 8.64. The Morgan fingerprint density at radius 1 is 0.500 bits per heavy atom. The zero-order valence-electron chi connectivity index (χ0n) is 33.7. The van der Waals surface area contributed by atoms with E-state index in [2.05, 4.69) is 232 Å². The lowest BCUT2D eigenvalue weighted by molar-refractivity contribution is 0.255. The molecule has 0 amide bonds. The monoisotopic (exact) mass is 745 g/mol. The molecule has 0 bridgehead atoms. The highest BCUT2D eigenvalue weighted by Crippen LogP contribution is 2.57. The van der Waals surface area contributed by atoms with Crippen LogP contribution in [-0.2, 0) is 11.8 Å². The second-order valence-corrected chi connectivity index (χ2v) is 17.1. The molecular weight excluding hydrogens is 699 g/mol. The summed E-state index contributed by atoms with van der Waals surface area (Å²) >= 11 is 0. The molecule has 280 valence electrons. The van der Waals surface area contributed by atoms with Gasteiger partial charge in [-0.3, -0.25) is 0 Å². The van der Waals surface area contributed by atoms with Crippen LogP contribution in [0.15, 0.2) is 194 Å². The number of benzene rings is 8. The highest BCUT2D eigenvalue weighted by Gasteiger charge is 2.47. The Labute approximate surface area is 342 Å². The third kappa shape index (κ3) is 6.01. The van der Waals surface area contributed by atoms with Gasteiger partial charge < -0.3 is 4.57 Å². The Bertz CT molecular complexity index is 2970. The van der Waals surface area contributed by atoms with Crippen LogP contribution in [0.3, 0.4) is 0 Å². The molecule has 10 rings (SSSR count). The van der Waals surface area contributed by atoms with Gasteiger partial charge in [0, 0.05) is 21.9 Å². The summed E-state index contributed by atoms with van der Waals surface area (Å²) in [5.74, 6) is 0. The first-order valence-electron chi connectivity index (χ1n) is 20.6. The maximum absolute atomic E-state index is 2.50. The van der Waals surface area contributed by atoms with E-state index in [9.17, 15) is 0 Å². The summed E-state index contributed by atoms with van der Waals surface area (Å²) < 4.78 is 2.38. The van der Waals surface area contributed by atoms with Crippen LogP contribution in [-0.4, -0.2) is 4.57 Å². The van der Waals surface area contributed by atoms with E-state index < -0.39 is 0 Å². The summed E-state index contributed by atoms with van der Waals surface area (Å²) in [7, 11) is 0. The molecule has 0 fully saturated rings. The van der Waals surface area contributed by atoms with Gasteiger partial charge in [-0.2, -0.15) is 0 Å². The van der Waals surface area contributed by atoms with Crippen molar-refractivity contribution in [1.29, 1.82) is 0 Å². The predicted octanol–water partition coefficient (Wildman–Crippen LogP) is 15.2. The van der Waals surface area contributed by atoms with Crippen molar-refractivity contribution in [3.05, 3.63) is 222 Å². The molecule has 0 spiro atoms. The van der Waals surface area contributed by atoms with Gasteiger partial charge in [-0.1, -0.05) is 191 Å². The average molecular weight is 746 g/mol. The minimum absolute atomic E-state index is 0.0272. The molecule has 0 saturated heterocycles. The van der Waals surface area contributed by atoms with Crippen LogP contribution >= 0.6 is 0 Å². The zero-order valence-corrected chi connectivity index (χ0v) is 33.7. The maximum atomic E-state index is 2.50. The standard InChI is InChI=1S/C57H47N/c1-56(2,3)57(4)52-21-13-11-19-48(52)49-33-31-45(38-53(49)57)46(35-39-23-27-42(28-24-39)41-15-7-5-8-16-41)36-40-25-29-43(30-26-40)44-32-34-55-51(37-44)50-20-12-14-22-54(50)58(55)47-17-9-6-10-18-47/h5-34,36-38H,35H2,1-4H3/b46-36-/t57-/m0/s1. The van der Waals surface area contributed by atoms with Gasteiger partial charge in [-0.25, -0.2) is 0 Å². The van der Waals surface area contributed by atoms with Gasteiger partial charge >= 0.3 is 0 Å². The van der Waals surface area contributed by atoms with E-state index in [1.807, 2.05) is 0 Å². The summed E-state index contributed by atoms with van der Waals surface area (Å²) in [6, 6.07) is 71.5. The summed E-state index contributed by atoms with van der Waals surface area (Å²) in [4.78, 5) is 0. The molecule has 0 N–H and O–H groups in total. The van der Waals surface area contributed by atoms with E-state index in [0.29, 0.717) is 0 Å². The normalized spacial score (nSPS) is 15.1. The second kappa shape index (κ2) is 14.0. The molecule has 8 aromatic carbocycles. The molecule has 0 unspecified atom stereocenters. The van der Waals surface area contributed by atoms with Gasteiger partial charge in [0.25, 0.3) is 0 Å². The fraction of sp³-hybridized carbons (Fsp3) is 0.123. The molecular formula is C57H47N. The third-order valence-electron chi connectivity index (χ3n) is 12.9. The first-order chi connectivity index (χ1) is 28.3. The molecule has 1 aliphatic rings. The largest absolute Gasteiger partial charge is 0.309 e. The number of fused-ring (bicyclic) bond motifs is 6. The highest BCUT2D eigenvalue weighted by molar-refractivity contribution is 6.10. The summed E-state index contributed by atoms with van der Waals surface area (Å²) in [6.45, 7) is 9.61. The molecule has 9 aromatic rings. The predicted molar refractivity (Wildman–Crippen MR) is 247 cm³/mol. The van der Waals surface area contributed by atoms with Crippen LogP contribution in [0.4, 0.5) is 0 Å². The Hall–Kier alpha value is -6.70. The summed E-state index contributed by atoms with van der Waals surface area (Å²) in [5, 5.41) is 2.53. The molecule has 0 saturated carbocycles.